The van der Waals surface area contributed by atoms with Crippen LogP contribution in [0.25, 0.3) is 0 Å². The van der Waals surface area contributed by atoms with Gasteiger partial charge in [0.15, 0.2) is 22.9 Å². The smallest absolute Gasteiger partial charge is 0.268 e. The van der Waals surface area contributed by atoms with Gasteiger partial charge in [-0.15, -0.1) is 0 Å². The van der Waals surface area contributed by atoms with Crippen molar-refractivity contribution in [2.24, 2.45) is 5.73 Å². The first-order chi connectivity index (χ1) is 15.6. The Balaban J connectivity index is 2.59. The molecule has 0 saturated carbocycles. The lowest BCUT2D eigenvalue weighted by atomic mass is 10.1. The first-order valence-corrected chi connectivity index (χ1v) is 19.4. The predicted molar refractivity (Wildman–Crippen MR) is 140 cm³/mol. The van der Waals surface area contributed by atoms with E-state index in [1.165, 1.54) is 12.5 Å². The van der Waals surface area contributed by atoms with E-state index in [1.807, 2.05) is 0 Å². The largest absolute Gasteiger partial charge is 0.408 e. The summed E-state index contributed by atoms with van der Waals surface area (Å²) in [5.74, 6) is -0.658. The molecule has 1 amide bonds. The Morgan fingerprint density at radius 2 is 1.54 bits per heavy atom. The summed E-state index contributed by atoms with van der Waals surface area (Å²) in [6.45, 7) is 21.1. The van der Waals surface area contributed by atoms with Crippen molar-refractivity contribution in [3.05, 3.63) is 18.2 Å². The molecule has 0 aromatic carbocycles. The van der Waals surface area contributed by atoms with Gasteiger partial charge in [0, 0.05) is 6.20 Å². The van der Waals surface area contributed by atoms with Crippen molar-refractivity contribution in [1.82, 2.24) is 9.55 Å². The van der Waals surface area contributed by atoms with E-state index in [1.54, 1.807) is 4.57 Å². The minimum atomic E-state index is -3.71. The zero-order valence-corrected chi connectivity index (χ0v) is 25.7. The maximum Gasteiger partial charge on any atom is 0.268 e. The first-order valence-electron chi connectivity index (χ1n) is 11.7. The number of amides is 1. The normalized spacial score (nSPS) is 24.7. The number of carbonyl (C=O) groups excluding carboxylic acids is 1. The Morgan fingerprint density at radius 1 is 1.06 bits per heavy atom. The second-order valence-electron chi connectivity index (χ2n) is 12.3. The topological polar surface area (TPSA) is 132 Å². The fourth-order valence-electron chi connectivity index (χ4n) is 3.18. The van der Waals surface area contributed by atoms with Crippen molar-refractivity contribution in [2.45, 2.75) is 102 Å². The quantitative estimate of drug-likeness (QED) is 0.365. The first kappa shape index (κ1) is 30.1. The van der Waals surface area contributed by atoms with Gasteiger partial charge in [-0.3, -0.25) is 8.98 Å². The van der Waals surface area contributed by atoms with Gasteiger partial charge in [0.05, 0.1) is 19.2 Å². The average molecular weight is 550 g/mol. The molecule has 1 aliphatic rings. The lowest BCUT2D eigenvalue weighted by Crippen LogP contribution is -2.54. The molecule has 0 aliphatic carbocycles. The number of imidazole rings is 1. The van der Waals surface area contributed by atoms with Crippen LogP contribution >= 0.6 is 0 Å². The van der Waals surface area contributed by atoms with Crippen molar-refractivity contribution in [1.29, 1.82) is 0 Å². The van der Waals surface area contributed by atoms with Crippen LogP contribution in [0.4, 0.5) is 0 Å². The third-order valence-corrected chi connectivity index (χ3v) is 16.9. The number of rotatable bonds is 9. The van der Waals surface area contributed by atoms with Gasteiger partial charge in [-0.2, -0.15) is 8.42 Å². The van der Waals surface area contributed by atoms with Crippen molar-refractivity contribution in [3.8, 4) is 0 Å². The van der Waals surface area contributed by atoms with Gasteiger partial charge in [0.1, 0.15) is 24.0 Å². The molecule has 13 heteroatoms. The molecule has 1 aromatic heterocycles. The molecule has 4 atom stereocenters. The molecular weight excluding hydrogens is 506 g/mol. The summed E-state index contributed by atoms with van der Waals surface area (Å²) in [5.41, 5.74) is 5.51. The van der Waals surface area contributed by atoms with Crippen LogP contribution in [0.2, 0.25) is 36.3 Å². The highest BCUT2D eigenvalue weighted by Crippen LogP contribution is 2.45. The lowest BCUT2D eigenvalue weighted by molar-refractivity contribution is -0.0462. The summed E-state index contributed by atoms with van der Waals surface area (Å²) in [5, 5.41) is -0.212. The fraction of sp³-hybridized carbons (Fsp3) is 0.818. The number of carbonyl (C=O) groups is 1. The van der Waals surface area contributed by atoms with E-state index in [-0.39, 0.29) is 22.4 Å². The minimum absolute atomic E-state index is 0.0948. The maximum absolute atomic E-state index is 11.8. The summed E-state index contributed by atoms with van der Waals surface area (Å²) in [7, 11) is -8.39. The van der Waals surface area contributed by atoms with Gasteiger partial charge in [-0.25, -0.2) is 4.98 Å². The van der Waals surface area contributed by atoms with Crippen LogP contribution in [0.1, 0.15) is 58.3 Å². The summed E-state index contributed by atoms with van der Waals surface area (Å²) in [4.78, 5) is 15.8. The van der Waals surface area contributed by atoms with Crippen molar-refractivity contribution < 1.29 is 31.0 Å². The average Bonchev–Trinajstić information content (AvgIpc) is 3.23. The van der Waals surface area contributed by atoms with Crippen LogP contribution in [-0.4, -0.2) is 71.7 Å². The van der Waals surface area contributed by atoms with E-state index in [0.717, 1.165) is 6.26 Å². The third-order valence-electron chi connectivity index (χ3n) is 7.35. The fourth-order valence-corrected chi connectivity index (χ4v) is 6.16. The second kappa shape index (κ2) is 9.99. The van der Waals surface area contributed by atoms with Crippen LogP contribution in [0.15, 0.2) is 12.5 Å². The second-order valence-corrected chi connectivity index (χ2v) is 23.5. The van der Waals surface area contributed by atoms with E-state index in [2.05, 4.69) is 72.7 Å². The van der Waals surface area contributed by atoms with Crippen molar-refractivity contribution in [3.63, 3.8) is 0 Å². The van der Waals surface area contributed by atoms with Crippen LogP contribution in [0.3, 0.4) is 0 Å². The SMILES string of the molecule is CC(C)(C)[Si](C)(C)O[C@@H]1[C@H](O[Si](C)(C)C(C)(C)C)[C@@H](COS(C)(=O)=O)O[C@H]1n1cnc(C(N)=O)c1. The van der Waals surface area contributed by atoms with Gasteiger partial charge >= 0.3 is 0 Å². The summed E-state index contributed by atoms with van der Waals surface area (Å²) in [6.07, 6.45) is 1.35. The van der Waals surface area contributed by atoms with E-state index in [4.69, 9.17) is 23.5 Å². The Kier molecular flexibility index (Phi) is 8.60. The Labute approximate surface area is 212 Å². The van der Waals surface area contributed by atoms with Crippen molar-refractivity contribution >= 4 is 32.7 Å². The predicted octanol–water partition coefficient (Wildman–Crippen LogP) is 3.64. The van der Waals surface area contributed by atoms with E-state index in [9.17, 15) is 13.2 Å². The van der Waals surface area contributed by atoms with Gasteiger partial charge in [-0.1, -0.05) is 41.5 Å². The maximum atomic E-state index is 11.8. The van der Waals surface area contributed by atoms with Crippen molar-refractivity contribution in [2.75, 3.05) is 12.9 Å². The highest BCUT2D eigenvalue weighted by Gasteiger charge is 2.54. The molecule has 2 N–H and O–H groups in total. The zero-order chi connectivity index (χ0) is 27.2. The lowest BCUT2D eigenvalue weighted by Gasteiger charge is -2.44. The Bertz CT molecular complexity index is 1010. The Hall–Kier alpha value is -1.10. The Morgan fingerprint density at radius 3 is 1.94 bits per heavy atom. The molecule has 1 aliphatic heterocycles. The van der Waals surface area contributed by atoms with E-state index in [0.29, 0.717) is 0 Å². The summed E-state index contributed by atoms with van der Waals surface area (Å²) < 4.78 is 50.5. The van der Waals surface area contributed by atoms with Gasteiger partial charge in [0.25, 0.3) is 16.0 Å². The number of hydrogen-bond acceptors (Lipinski definition) is 8. The van der Waals surface area contributed by atoms with Crippen LogP contribution in [0, 0.1) is 0 Å². The molecule has 35 heavy (non-hydrogen) atoms. The molecule has 0 radical (unpaired) electrons. The number of ether oxygens (including phenoxy) is 1. The minimum Gasteiger partial charge on any atom is -0.408 e. The van der Waals surface area contributed by atoms with Gasteiger partial charge in [-0.05, 0) is 36.3 Å². The molecule has 1 aromatic rings. The molecule has 0 bridgehead atoms. The highest BCUT2D eigenvalue weighted by molar-refractivity contribution is 7.85. The van der Waals surface area contributed by atoms with E-state index >= 15 is 0 Å². The molecule has 202 valence electrons. The third kappa shape index (κ3) is 7.24. The van der Waals surface area contributed by atoms with Crippen LogP contribution in [-0.2, 0) is 27.9 Å². The molecule has 2 rings (SSSR count). The summed E-state index contributed by atoms with van der Waals surface area (Å²) in [6, 6.07) is 0. The van der Waals surface area contributed by atoms with Gasteiger partial charge in [0.2, 0.25) is 0 Å². The van der Waals surface area contributed by atoms with Crippen LogP contribution < -0.4 is 5.73 Å². The number of nitrogens with zero attached hydrogens (tertiary/aromatic N) is 2. The van der Waals surface area contributed by atoms with Gasteiger partial charge < -0.3 is 23.9 Å². The standard InChI is InChI=1S/C22H43N3O7SSi2/c1-21(2,3)34(8,9)31-17-16(13-29-33(7,27)28)30-20(25-12-15(19(23)26)24-14-25)18(17)32-35(10,11)22(4,5)6/h12,14,16-18,20H,13H2,1-11H3,(H2,23,26)/t16-,17-,18-,20-/m1/s1. The number of primary amides is 1. The van der Waals surface area contributed by atoms with Crippen LogP contribution in [0.5, 0.6) is 0 Å². The molecule has 1 saturated heterocycles. The monoisotopic (exact) mass is 549 g/mol. The number of nitrogens with two attached hydrogens (primary N) is 1. The molecule has 2 heterocycles. The molecule has 0 spiro atoms. The molecule has 0 unspecified atom stereocenters. The van der Waals surface area contributed by atoms with E-state index < -0.39 is 57.2 Å². The molecular formula is C22H43N3O7SSi2. The zero-order valence-electron chi connectivity index (χ0n) is 22.9. The highest BCUT2D eigenvalue weighted by atomic mass is 32.2. The summed E-state index contributed by atoms with van der Waals surface area (Å²) >= 11 is 0. The molecule has 1 fully saturated rings. The number of hydrogen-bond donors (Lipinski definition) is 1. The molecule has 10 nitrogen and oxygen atoms in total. The number of aromatic nitrogens is 2.